The lowest BCUT2D eigenvalue weighted by Gasteiger charge is -1.97. The van der Waals surface area contributed by atoms with E-state index in [0.717, 1.165) is 0 Å². The lowest BCUT2D eigenvalue weighted by atomic mass is 10.4. The molecule has 2 heterocycles. The van der Waals surface area contributed by atoms with Crippen LogP contribution in [0.25, 0.3) is 5.65 Å². The second-order valence-corrected chi connectivity index (χ2v) is 2.99. The summed E-state index contributed by atoms with van der Waals surface area (Å²) in [5, 5.41) is 3.69. The number of nitrogens with zero attached hydrogens (tertiary/aromatic N) is 4. The van der Waals surface area contributed by atoms with Crippen LogP contribution < -0.4 is 0 Å². The number of hydrogen-bond donors (Lipinski definition) is 0. The number of aryl methyl sites for hydroxylation is 2. The lowest BCUT2D eigenvalue weighted by Crippen LogP contribution is -1.97. The third-order valence-corrected chi connectivity index (χ3v) is 1.92. The predicted octanol–water partition coefficient (Wildman–Crippen LogP) is 1.68. The van der Waals surface area contributed by atoms with E-state index in [2.05, 4.69) is 15.1 Å². The fourth-order valence-electron chi connectivity index (χ4n) is 1.20. The molecular weight excluding hydrogens is 190 g/mol. The average Bonchev–Trinajstić information content (AvgIpc) is 2.57. The highest BCUT2D eigenvalue weighted by atomic mass is 19.3. The third-order valence-electron chi connectivity index (χ3n) is 1.92. The molecule has 0 atom stereocenters. The molecule has 0 bridgehead atoms. The van der Waals surface area contributed by atoms with E-state index >= 15 is 0 Å². The molecule has 0 amide bonds. The van der Waals surface area contributed by atoms with E-state index in [4.69, 9.17) is 0 Å². The maximum absolute atomic E-state index is 12.3. The summed E-state index contributed by atoms with van der Waals surface area (Å²) >= 11 is 0. The van der Waals surface area contributed by atoms with Crippen molar-refractivity contribution in [3.05, 3.63) is 23.4 Å². The second kappa shape index (κ2) is 2.97. The monoisotopic (exact) mass is 198 g/mol. The standard InChI is InChI=1S/C8H8F2N4/c1-4-3-11-5(2)8-12-7(6(9)10)13-14(4)8/h3,6H,1-2H3. The molecule has 0 saturated carbocycles. The van der Waals surface area contributed by atoms with Gasteiger partial charge in [0.1, 0.15) is 0 Å². The highest BCUT2D eigenvalue weighted by molar-refractivity contribution is 5.43. The van der Waals surface area contributed by atoms with Gasteiger partial charge in [-0.2, -0.15) is 0 Å². The molecule has 0 aliphatic rings. The fraction of sp³-hybridized carbons (Fsp3) is 0.375. The Bertz CT molecular complexity index is 438. The van der Waals surface area contributed by atoms with Crippen molar-refractivity contribution in [3.8, 4) is 0 Å². The van der Waals surface area contributed by atoms with E-state index in [1.54, 1.807) is 20.0 Å². The van der Waals surface area contributed by atoms with E-state index in [1.165, 1.54) is 4.52 Å². The van der Waals surface area contributed by atoms with Crippen LogP contribution in [0.3, 0.4) is 0 Å². The number of halogens is 2. The first kappa shape index (κ1) is 8.98. The number of rotatable bonds is 1. The lowest BCUT2D eigenvalue weighted by molar-refractivity contribution is 0.140. The molecule has 0 aromatic carbocycles. The summed E-state index contributed by atoms with van der Waals surface area (Å²) in [5.74, 6) is -0.454. The molecule has 4 nitrogen and oxygen atoms in total. The summed E-state index contributed by atoms with van der Waals surface area (Å²) < 4.78 is 26.0. The van der Waals surface area contributed by atoms with Crippen LogP contribution in [0.2, 0.25) is 0 Å². The zero-order valence-corrected chi connectivity index (χ0v) is 7.70. The van der Waals surface area contributed by atoms with Crippen molar-refractivity contribution in [2.45, 2.75) is 20.3 Å². The minimum Gasteiger partial charge on any atom is -0.256 e. The topological polar surface area (TPSA) is 43.1 Å². The molecular formula is C8H8F2N4. The summed E-state index contributed by atoms with van der Waals surface area (Å²) in [4.78, 5) is 7.72. The Morgan fingerprint density at radius 1 is 1.36 bits per heavy atom. The van der Waals surface area contributed by atoms with Gasteiger partial charge >= 0.3 is 0 Å². The van der Waals surface area contributed by atoms with E-state index in [1.807, 2.05) is 0 Å². The van der Waals surface area contributed by atoms with Gasteiger partial charge in [-0.05, 0) is 13.8 Å². The third kappa shape index (κ3) is 1.23. The fourth-order valence-corrected chi connectivity index (χ4v) is 1.20. The number of alkyl halides is 2. The molecule has 0 N–H and O–H groups in total. The van der Waals surface area contributed by atoms with Gasteiger partial charge in [-0.3, -0.25) is 4.98 Å². The molecule has 2 aromatic heterocycles. The molecule has 2 aromatic rings. The van der Waals surface area contributed by atoms with Gasteiger partial charge < -0.3 is 0 Å². The van der Waals surface area contributed by atoms with Crippen molar-refractivity contribution in [1.29, 1.82) is 0 Å². The van der Waals surface area contributed by atoms with E-state index in [-0.39, 0.29) is 0 Å². The van der Waals surface area contributed by atoms with Crippen LogP contribution in [0.5, 0.6) is 0 Å². The zero-order chi connectivity index (χ0) is 10.3. The van der Waals surface area contributed by atoms with E-state index in [0.29, 0.717) is 17.0 Å². The first-order valence-electron chi connectivity index (χ1n) is 4.06. The van der Waals surface area contributed by atoms with Crippen molar-refractivity contribution in [3.63, 3.8) is 0 Å². The largest absolute Gasteiger partial charge is 0.299 e. The van der Waals surface area contributed by atoms with Crippen LogP contribution >= 0.6 is 0 Å². The van der Waals surface area contributed by atoms with Gasteiger partial charge in [0.15, 0.2) is 5.65 Å². The number of hydrogen-bond acceptors (Lipinski definition) is 3. The maximum atomic E-state index is 12.3. The minimum atomic E-state index is -2.64. The van der Waals surface area contributed by atoms with Gasteiger partial charge in [-0.1, -0.05) is 0 Å². The Balaban J connectivity index is 2.75. The van der Waals surface area contributed by atoms with Gasteiger partial charge in [-0.15, -0.1) is 5.10 Å². The highest BCUT2D eigenvalue weighted by Gasteiger charge is 2.16. The van der Waals surface area contributed by atoms with Gasteiger partial charge in [0.2, 0.25) is 5.82 Å². The number of fused-ring (bicyclic) bond motifs is 1. The summed E-state index contributed by atoms with van der Waals surface area (Å²) in [6.07, 6.45) is -1.07. The van der Waals surface area contributed by atoms with Crippen LogP contribution in [0.15, 0.2) is 6.20 Å². The zero-order valence-electron chi connectivity index (χ0n) is 7.70. The van der Waals surface area contributed by atoms with Crippen molar-refractivity contribution in [2.75, 3.05) is 0 Å². The van der Waals surface area contributed by atoms with Crippen molar-refractivity contribution < 1.29 is 8.78 Å². The van der Waals surface area contributed by atoms with Gasteiger partial charge in [0, 0.05) is 6.20 Å². The Morgan fingerprint density at radius 3 is 2.64 bits per heavy atom. The quantitative estimate of drug-likeness (QED) is 0.700. The summed E-state index contributed by atoms with van der Waals surface area (Å²) in [6, 6.07) is 0. The van der Waals surface area contributed by atoms with Crippen molar-refractivity contribution in [1.82, 2.24) is 19.6 Å². The van der Waals surface area contributed by atoms with Gasteiger partial charge in [0.25, 0.3) is 6.43 Å². The molecule has 0 aliphatic heterocycles. The van der Waals surface area contributed by atoms with Crippen molar-refractivity contribution >= 4 is 5.65 Å². The van der Waals surface area contributed by atoms with Crippen LogP contribution in [-0.4, -0.2) is 19.6 Å². The molecule has 0 spiro atoms. The van der Waals surface area contributed by atoms with Crippen LogP contribution in [0.4, 0.5) is 8.78 Å². The Labute approximate surface area is 78.6 Å². The highest BCUT2D eigenvalue weighted by Crippen LogP contribution is 2.16. The van der Waals surface area contributed by atoms with E-state index in [9.17, 15) is 8.78 Å². The Hall–Kier alpha value is -1.59. The molecule has 0 unspecified atom stereocenters. The van der Waals surface area contributed by atoms with Crippen LogP contribution in [-0.2, 0) is 0 Å². The molecule has 2 rings (SSSR count). The summed E-state index contributed by atoms with van der Waals surface area (Å²) in [7, 11) is 0. The van der Waals surface area contributed by atoms with Crippen LogP contribution in [0.1, 0.15) is 23.6 Å². The predicted molar refractivity (Wildman–Crippen MR) is 45.2 cm³/mol. The normalized spacial score (nSPS) is 11.5. The summed E-state index contributed by atoms with van der Waals surface area (Å²) in [5.41, 5.74) is 1.67. The molecule has 6 heteroatoms. The average molecular weight is 198 g/mol. The first-order valence-corrected chi connectivity index (χ1v) is 4.06. The Kier molecular flexibility index (Phi) is 1.90. The first-order chi connectivity index (χ1) is 6.59. The van der Waals surface area contributed by atoms with Gasteiger partial charge in [0.05, 0.1) is 11.4 Å². The van der Waals surface area contributed by atoms with Crippen molar-refractivity contribution in [2.24, 2.45) is 0 Å². The smallest absolute Gasteiger partial charge is 0.256 e. The number of aromatic nitrogens is 4. The molecule has 0 fully saturated rings. The van der Waals surface area contributed by atoms with Crippen LogP contribution in [0, 0.1) is 13.8 Å². The van der Waals surface area contributed by atoms with Gasteiger partial charge in [-0.25, -0.2) is 18.3 Å². The van der Waals surface area contributed by atoms with E-state index < -0.39 is 12.2 Å². The maximum Gasteiger partial charge on any atom is 0.299 e. The summed E-state index contributed by atoms with van der Waals surface area (Å²) in [6.45, 7) is 3.45. The molecule has 0 saturated heterocycles. The molecule has 14 heavy (non-hydrogen) atoms. The molecule has 0 aliphatic carbocycles. The molecule has 74 valence electrons. The SMILES string of the molecule is Cc1ncc(C)n2nc(C(F)F)nc12. The minimum absolute atomic E-state index is 0.389. The Morgan fingerprint density at radius 2 is 2.07 bits per heavy atom. The second-order valence-electron chi connectivity index (χ2n) is 2.99. The molecule has 0 radical (unpaired) electrons.